The summed E-state index contributed by atoms with van der Waals surface area (Å²) >= 11 is 0. The van der Waals surface area contributed by atoms with E-state index >= 15 is 0 Å². The molecule has 2 rings (SSSR count). The first-order valence-electron chi connectivity index (χ1n) is 8.60. The van der Waals surface area contributed by atoms with Gasteiger partial charge in [-0.3, -0.25) is 9.59 Å². The van der Waals surface area contributed by atoms with E-state index < -0.39 is 6.10 Å². The second kappa shape index (κ2) is 9.13. The van der Waals surface area contributed by atoms with E-state index in [1.54, 1.807) is 11.8 Å². The molecule has 1 heterocycles. The first-order chi connectivity index (χ1) is 12.0. The van der Waals surface area contributed by atoms with Crippen LogP contribution in [0.2, 0.25) is 0 Å². The van der Waals surface area contributed by atoms with Crippen molar-refractivity contribution in [2.24, 2.45) is 0 Å². The van der Waals surface area contributed by atoms with Gasteiger partial charge >= 0.3 is 0 Å². The number of carbonyl (C=O) groups is 1. The van der Waals surface area contributed by atoms with E-state index in [0.717, 1.165) is 18.4 Å². The molecule has 6 heteroatoms. The molecule has 1 aromatic heterocycles. The van der Waals surface area contributed by atoms with E-state index in [2.05, 4.69) is 5.10 Å². The van der Waals surface area contributed by atoms with Crippen molar-refractivity contribution in [3.63, 3.8) is 0 Å². The fourth-order valence-electron chi connectivity index (χ4n) is 2.54. The van der Waals surface area contributed by atoms with Crippen molar-refractivity contribution in [2.45, 2.75) is 45.9 Å². The lowest BCUT2D eigenvalue weighted by atomic mass is 10.2. The number of aliphatic hydroxyl groups is 1. The topological polar surface area (TPSA) is 75.4 Å². The number of nitrogens with zero attached hydrogens (tertiary/aromatic N) is 3. The third-order valence-electron chi connectivity index (χ3n) is 3.80. The summed E-state index contributed by atoms with van der Waals surface area (Å²) in [6.45, 7) is 4.74. The van der Waals surface area contributed by atoms with Crippen molar-refractivity contribution in [2.75, 3.05) is 6.54 Å². The molecule has 25 heavy (non-hydrogen) atoms. The highest BCUT2D eigenvalue weighted by Gasteiger charge is 2.20. The highest BCUT2D eigenvalue weighted by molar-refractivity contribution is 5.92. The normalized spacial score (nSPS) is 12.0. The maximum absolute atomic E-state index is 12.9. The zero-order valence-corrected chi connectivity index (χ0v) is 14.8. The summed E-state index contributed by atoms with van der Waals surface area (Å²) in [5.41, 5.74) is 0.971. The van der Waals surface area contributed by atoms with E-state index in [4.69, 9.17) is 0 Å². The molecule has 6 nitrogen and oxygen atoms in total. The number of amides is 1. The number of hydrogen-bond acceptors (Lipinski definition) is 4. The summed E-state index contributed by atoms with van der Waals surface area (Å²) in [5, 5.41) is 14.0. The lowest BCUT2D eigenvalue weighted by Crippen LogP contribution is -2.37. The zero-order valence-electron chi connectivity index (χ0n) is 14.8. The minimum absolute atomic E-state index is 0.198. The Labute approximate surface area is 147 Å². The van der Waals surface area contributed by atoms with Gasteiger partial charge in [0.15, 0.2) is 0 Å². The molecule has 134 valence electrons. The molecule has 1 atom stereocenters. The Hall–Kier alpha value is -2.47. The van der Waals surface area contributed by atoms with Gasteiger partial charge in [0, 0.05) is 25.7 Å². The molecule has 0 radical (unpaired) electrons. The number of rotatable bonds is 8. The lowest BCUT2D eigenvalue weighted by Gasteiger charge is -2.24. The van der Waals surface area contributed by atoms with E-state index in [1.165, 1.54) is 16.8 Å². The molecular weight excluding hydrogens is 318 g/mol. The van der Waals surface area contributed by atoms with Gasteiger partial charge in [-0.2, -0.15) is 5.10 Å². The first-order valence-corrected chi connectivity index (χ1v) is 8.60. The largest absolute Gasteiger partial charge is 0.392 e. The van der Waals surface area contributed by atoms with Crippen LogP contribution in [0, 0.1) is 0 Å². The number of aromatic nitrogens is 2. The van der Waals surface area contributed by atoms with Crippen molar-refractivity contribution in [3.8, 4) is 0 Å². The standard InChI is InChI=1S/C19H25N3O3/c1-3-4-12-22-18(24)11-10-17(20-22)19(25)21(13-15(2)23)14-16-8-6-5-7-9-16/h5-11,15,23H,3-4,12-14H2,1-2H3/t15-/m1/s1. The van der Waals surface area contributed by atoms with Gasteiger partial charge in [0.2, 0.25) is 0 Å². The van der Waals surface area contributed by atoms with Gasteiger partial charge in [-0.1, -0.05) is 43.7 Å². The number of carbonyl (C=O) groups excluding carboxylic acids is 1. The summed E-state index contributed by atoms with van der Waals surface area (Å²) < 4.78 is 1.33. The van der Waals surface area contributed by atoms with Gasteiger partial charge < -0.3 is 10.0 Å². The summed E-state index contributed by atoms with van der Waals surface area (Å²) in [6.07, 6.45) is 1.11. The van der Waals surface area contributed by atoms with Crippen LogP contribution in [0.15, 0.2) is 47.3 Å². The van der Waals surface area contributed by atoms with Gasteiger partial charge in [0.05, 0.1) is 6.10 Å². The Morgan fingerprint density at radius 1 is 1.24 bits per heavy atom. The van der Waals surface area contributed by atoms with Crippen LogP contribution in [-0.2, 0) is 13.1 Å². The summed E-state index contributed by atoms with van der Waals surface area (Å²) in [6, 6.07) is 12.4. The predicted molar refractivity (Wildman–Crippen MR) is 96.3 cm³/mol. The molecule has 1 aromatic carbocycles. The second-order valence-electron chi connectivity index (χ2n) is 6.15. The molecule has 0 spiro atoms. The molecule has 1 N–H and O–H groups in total. The maximum atomic E-state index is 12.9. The number of benzene rings is 1. The summed E-state index contributed by atoms with van der Waals surface area (Å²) in [7, 11) is 0. The Morgan fingerprint density at radius 2 is 1.96 bits per heavy atom. The quantitative estimate of drug-likeness (QED) is 0.796. The van der Waals surface area contributed by atoms with Gasteiger partial charge in [-0.05, 0) is 25.0 Å². The molecular formula is C19H25N3O3. The SMILES string of the molecule is CCCCn1nc(C(=O)N(Cc2ccccc2)C[C@@H](C)O)ccc1=O. The van der Waals surface area contributed by atoms with Crippen LogP contribution < -0.4 is 5.56 Å². The molecule has 0 saturated heterocycles. The third kappa shape index (κ3) is 5.53. The molecule has 0 fully saturated rings. The summed E-state index contributed by atoms with van der Waals surface area (Å²) in [5.74, 6) is -0.296. The average molecular weight is 343 g/mol. The van der Waals surface area contributed by atoms with E-state index in [9.17, 15) is 14.7 Å². The van der Waals surface area contributed by atoms with Gasteiger partial charge in [-0.15, -0.1) is 0 Å². The number of unbranched alkanes of at least 4 members (excludes halogenated alkanes) is 1. The Bertz CT molecular complexity index is 741. The van der Waals surface area contributed by atoms with Crippen LogP contribution in [-0.4, -0.2) is 38.3 Å². The Kier molecular flexibility index (Phi) is 6.89. The predicted octanol–water partition coefficient (Wildman–Crippen LogP) is 2.07. The van der Waals surface area contributed by atoms with Gasteiger partial charge in [-0.25, -0.2) is 4.68 Å². The van der Waals surface area contributed by atoms with Crippen LogP contribution in [0.3, 0.4) is 0 Å². The maximum Gasteiger partial charge on any atom is 0.274 e. The third-order valence-corrected chi connectivity index (χ3v) is 3.80. The summed E-state index contributed by atoms with van der Waals surface area (Å²) in [4.78, 5) is 26.3. The number of aryl methyl sites for hydroxylation is 1. The fraction of sp³-hybridized carbons (Fsp3) is 0.421. The fourth-order valence-corrected chi connectivity index (χ4v) is 2.54. The highest BCUT2D eigenvalue weighted by Crippen LogP contribution is 2.09. The number of hydrogen-bond donors (Lipinski definition) is 1. The van der Waals surface area contributed by atoms with E-state index in [0.29, 0.717) is 13.1 Å². The van der Waals surface area contributed by atoms with Crippen molar-refractivity contribution in [1.82, 2.24) is 14.7 Å². The monoisotopic (exact) mass is 343 g/mol. The smallest absolute Gasteiger partial charge is 0.274 e. The second-order valence-corrected chi connectivity index (χ2v) is 6.15. The molecule has 0 aliphatic carbocycles. The Morgan fingerprint density at radius 3 is 2.60 bits per heavy atom. The molecule has 0 aliphatic rings. The molecule has 1 amide bonds. The van der Waals surface area contributed by atoms with Crippen LogP contribution in [0.4, 0.5) is 0 Å². The Balaban J connectivity index is 2.24. The molecule has 0 unspecified atom stereocenters. The molecule has 0 aliphatic heterocycles. The van der Waals surface area contributed by atoms with Crippen molar-refractivity contribution in [3.05, 3.63) is 64.1 Å². The van der Waals surface area contributed by atoms with Gasteiger partial charge in [0.1, 0.15) is 5.69 Å². The van der Waals surface area contributed by atoms with E-state index in [-0.39, 0.29) is 23.7 Å². The average Bonchev–Trinajstić information content (AvgIpc) is 2.60. The van der Waals surface area contributed by atoms with Crippen LogP contribution in [0.25, 0.3) is 0 Å². The number of aliphatic hydroxyl groups excluding tert-OH is 1. The van der Waals surface area contributed by atoms with Crippen LogP contribution in [0.1, 0.15) is 42.7 Å². The van der Waals surface area contributed by atoms with Crippen molar-refractivity contribution < 1.29 is 9.90 Å². The molecule has 0 bridgehead atoms. The van der Waals surface area contributed by atoms with Gasteiger partial charge in [0.25, 0.3) is 11.5 Å². The zero-order chi connectivity index (χ0) is 18.2. The molecule has 0 saturated carbocycles. The minimum Gasteiger partial charge on any atom is -0.392 e. The molecule has 2 aromatic rings. The highest BCUT2D eigenvalue weighted by atomic mass is 16.3. The van der Waals surface area contributed by atoms with Crippen molar-refractivity contribution >= 4 is 5.91 Å². The minimum atomic E-state index is -0.654. The van der Waals surface area contributed by atoms with E-state index in [1.807, 2.05) is 37.3 Å². The lowest BCUT2D eigenvalue weighted by molar-refractivity contribution is 0.0622. The van der Waals surface area contributed by atoms with Crippen molar-refractivity contribution in [1.29, 1.82) is 0 Å². The first kappa shape index (κ1) is 18.9. The van der Waals surface area contributed by atoms with Crippen LogP contribution in [0.5, 0.6) is 0 Å². The van der Waals surface area contributed by atoms with Crippen LogP contribution >= 0.6 is 0 Å².